The van der Waals surface area contributed by atoms with Crippen molar-refractivity contribution in [2.24, 2.45) is 0 Å². The van der Waals surface area contributed by atoms with Crippen molar-refractivity contribution in [1.29, 1.82) is 0 Å². The average Bonchev–Trinajstić information content (AvgIpc) is 2.92. The van der Waals surface area contributed by atoms with Gasteiger partial charge in [-0.2, -0.15) is 8.78 Å². The van der Waals surface area contributed by atoms with Crippen LogP contribution in [0.25, 0.3) is 0 Å². The first-order valence-corrected chi connectivity index (χ1v) is 8.08. The number of halogens is 2. The van der Waals surface area contributed by atoms with E-state index in [9.17, 15) is 23.5 Å². The number of β-amino-alcohol motifs (C(OH)–C–C–N with tert-alkyl or cyclic N) is 1. The van der Waals surface area contributed by atoms with Gasteiger partial charge in [-0.1, -0.05) is 18.2 Å². The summed E-state index contributed by atoms with van der Waals surface area (Å²) in [4.78, 5) is 29.8. The monoisotopic (exact) mass is 377 g/mol. The fourth-order valence-corrected chi connectivity index (χ4v) is 2.77. The summed E-state index contributed by atoms with van der Waals surface area (Å²) in [7, 11) is 0. The van der Waals surface area contributed by atoms with E-state index in [1.807, 2.05) is 12.1 Å². The highest BCUT2D eigenvalue weighted by Gasteiger charge is 2.37. The lowest BCUT2D eigenvalue weighted by Gasteiger charge is -2.27. The molecule has 142 valence electrons. The summed E-state index contributed by atoms with van der Waals surface area (Å²) < 4.78 is 28.4. The molecule has 0 saturated carbocycles. The van der Waals surface area contributed by atoms with Gasteiger partial charge in [0.05, 0.1) is 18.4 Å². The summed E-state index contributed by atoms with van der Waals surface area (Å²) in [6.45, 7) is -1.60. The van der Waals surface area contributed by atoms with E-state index in [2.05, 4.69) is 15.0 Å². The zero-order chi connectivity index (χ0) is 19.6. The van der Waals surface area contributed by atoms with Crippen LogP contribution in [0.1, 0.15) is 22.8 Å². The Kier molecular flexibility index (Phi) is 5.04. The average molecular weight is 377 g/mol. The number of nitrogens with zero attached hydrogens (tertiary/aromatic N) is 2. The van der Waals surface area contributed by atoms with Crippen molar-refractivity contribution in [3.05, 3.63) is 53.7 Å². The van der Waals surface area contributed by atoms with Crippen LogP contribution in [-0.2, 0) is 11.3 Å². The number of carbonyl (C=O) groups excluding carboxylic acids is 2. The van der Waals surface area contributed by atoms with Gasteiger partial charge in [-0.15, -0.1) is 0 Å². The number of hydrogen-bond donors (Lipinski definition) is 2. The van der Waals surface area contributed by atoms with E-state index in [1.54, 1.807) is 12.1 Å². The predicted molar refractivity (Wildman–Crippen MR) is 91.3 cm³/mol. The largest absolute Gasteiger partial charge is 0.417 e. The second-order valence-electron chi connectivity index (χ2n) is 6.31. The van der Waals surface area contributed by atoms with Gasteiger partial charge in [-0.05, 0) is 24.6 Å². The topological polar surface area (TPSA) is 91.8 Å². The summed E-state index contributed by atoms with van der Waals surface area (Å²) >= 11 is 0. The number of amides is 2. The molecule has 3 rings (SSSR count). The fourth-order valence-electron chi connectivity index (χ4n) is 2.77. The van der Waals surface area contributed by atoms with Crippen LogP contribution >= 0.6 is 0 Å². The number of rotatable bonds is 6. The molecule has 1 aliphatic heterocycles. The molecule has 2 N–H and O–H groups in total. The number of nitrogens with one attached hydrogen (secondary N) is 1. The molecule has 1 unspecified atom stereocenters. The number of carbonyl (C=O) groups is 2. The molecule has 1 aromatic heterocycles. The van der Waals surface area contributed by atoms with Gasteiger partial charge in [-0.25, -0.2) is 4.98 Å². The van der Waals surface area contributed by atoms with Crippen molar-refractivity contribution >= 4 is 17.5 Å². The third-order valence-electron chi connectivity index (χ3n) is 4.09. The quantitative estimate of drug-likeness (QED) is 0.804. The lowest BCUT2D eigenvalue weighted by Crippen LogP contribution is -2.49. The smallest absolute Gasteiger partial charge is 0.388 e. The zero-order valence-electron chi connectivity index (χ0n) is 14.4. The van der Waals surface area contributed by atoms with Crippen molar-refractivity contribution in [1.82, 2.24) is 9.88 Å². The lowest BCUT2D eigenvalue weighted by atomic mass is 10.1. The molecular formula is C18H17F2N3O4. The SMILES string of the molecule is CC(O)(CN1Cc2ccccc2C1=O)C(=O)Nc1ccc(OC(F)F)nc1. The summed E-state index contributed by atoms with van der Waals surface area (Å²) in [6.07, 6.45) is 1.13. The maximum Gasteiger partial charge on any atom is 0.388 e. The Morgan fingerprint density at radius 3 is 2.74 bits per heavy atom. The van der Waals surface area contributed by atoms with E-state index in [0.29, 0.717) is 12.1 Å². The van der Waals surface area contributed by atoms with Crippen molar-refractivity contribution in [3.63, 3.8) is 0 Å². The van der Waals surface area contributed by atoms with Gasteiger partial charge in [0.1, 0.15) is 0 Å². The number of hydrogen-bond acceptors (Lipinski definition) is 5. The third-order valence-corrected chi connectivity index (χ3v) is 4.09. The summed E-state index contributed by atoms with van der Waals surface area (Å²) in [6, 6.07) is 9.55. The van der Waals surface area contributed by atoms with Gasteiger partial charge < -0.3 is 20.1 Å². The number of pyridine rings is 1. The molecule has 1 aliphatic rings. The number of ether oxygens (including phenoxy) is 1. The van der Waals surface area contributed by atoms with Crippen LogP contribution in [0.3, 0.4) is 0 Å². The molecule has 2 aromatic rings. The predicted octanol–water partition coefficient (Wildman–Crippen LogP) is 2.03. The lowest BCUT2D eigenvalue weighted by molar-refractivity contribution is -0.133. The van der Waals surface area contributed by atoms with Crippen LogP contribution < -0.4 is 10.1 Å². The molecule has 7 nitrogen and oxygen atoms in total. The highest BCUT2D eigenvalue weighted by Crippen LogP contribution is 2.24. The number of alkyl halides is 2. The van der Waals surface area contributed by atoms with E-state index in [1.165, 1.54) is 17.9 Å². The number of benzene rings is 1. The summed E-state index contributed by atoms with van der Waals surface area (Å²) in [5.74, 6) is -1.31. The summed E-state index contributed by atoms with van der Waals surface area (Å²) in [5, 5.41) is 13.0. The molecular weight excluding hydrogens is 360 g/mol. The Morgan fingerprint density at radius 2 is 2.11 bits per heavy atom. The van der Waals surface area contributed by atoms with E-state index < -0.39 is 18.1 Å². The molecule has 27 heavy (non-hydrogen) atoms. The number of anilines is 1. The Morgan fingerprint density at radius 1 is 1.37 bits per heavy atom. The van der Waals surface area contributed by atoms with Crippen molar-refractivity contribution in [2.45, 2.75) is 25.7 Å². The van der Waals surface area contributed by atoms with E-state index >= 15 is 0 Å². The molecule has 0 radical (unpaired) electrons. The van der Waals surface area contributed by atoms with Crippen LogP contribution in [0.15, 0.2) is 42.6 Å². The first-order chi connectivity index (χ1) is 12.8. The molecule has 0 saturated heterocycles. The Labute approximate surface area is 153 Å². The van der Waals surface area contributed by atoms with E-state index in [4.69, 9.17) is 0 Å². The number of aromatic nitrogens is 1. The van der Waals surface area contributed by atoms with Crippen LogP contribution in [0.4, 0.5) is 14.5 Å². The highest BCUT2D eigenvalue weighted by molar-refractivity contribution is 6.00. The van der Waals surface area contributed by atoms with Gasteiger partial charge in [0.2, 0.25) is 5.88 Å². The van der Waals surface area contributed by atoms with Crippen LogP contribution in [0.5, 0.6) is 5.88 Å². The van der Waals surface area contributed by atoms with Crippen LogP contribution in [0, 0.1) is 0 Å². The highest BCUT2D eigenvalue weighted by atomic mass is 19.3. The molecule has 0 aliphatic carbocycles. The molecule has 0 spiro atoms. The Hall–Kier alpha value is -3.07. The molecule has 9 heteroatoms. The third kappa shape index (κ3) is 4.20. The van der Waals surface area contributed by atoms with Gasteiger partial charge >= 0.3 is 6.61 Å². The van der Waals surface area contributed by atoms with Crippen LogP contribution in [0.2, 0.25) is 0 Å². The molecule has 2 heterocycles. The van der Waals surface area contributed by atoms with Gasteiger partial charge in [0, 0.05) is 18.2 Å². The van der Waals surface area contributed by atoms with Crippen LogP contribution in [-0.4, -0.2) is 45.6 Å². The number of aliphatic hydroxyl groups is 1. The Balaban J connectivity index is 1.63. The van der Waals surface area contributed by atoms with Gasteiger partial charge in [0.25, 0.3) is 11.8 Å². The first kappa shape index (κ1) is 18.7. The minimum Gasteiger partial charge on any atom is -0.417 e. The minimum absolute atomic E-state index is 0.193. The standard InChI is InChI=1S/C18H17F2N3O4/c1-18(26,10-23-9-11-4-2-3-5-13(11)15(23)24)16(25)22-12-6-7-14(21-8-12)27-17(19)20/h2-8,17,26H,9-10H2,1H3,(H,22,25). The van der Waals surface area contributed by atoms with E-state index in [-0.39, 0.29) is 24.0 Å². The fraction of sp³-hybridized carbons (Fsp3) is 0.278. The molecule has 0 fully saturated rings. The molecule has 2 amide bonds. The zero-order valence-corrected chi connectivity index (χ0v) is 14.4. The maximum atomic E-state index is 12.4. The van der Waals surface area contributed by atoms with Crippen molar-refractivity contribution < 1.29 is 28.2 Å². The molecule has 1 aromatic carbocycles. The van der Waals surface area contributed by atoms with Gasteiger partial charge in [-0.3, -0.25) is 9.59 Å². The van der Waals surface area contributed by atoms with Crippen molar-refractivity contribution in [3.8, 4) is 5.88 Å². The first-order valence-electron chi connectivity index (χ1n) is 8.08. The van der Waals surface area contributed by atoms with Crippen molar-refractivity contribution in [2.75, 3.05) is 11.9 Å². The number of fused-ring (bicyclic) bond motifs is 1. The molecule has 1 atom stereocenters. The maximum absolute atomic E-state index is 12.4. The second-order valence-corrected chi connectivity index (χ2v) is 6.31. The van der Waals surface area contributed by atoms with E-state index in [0.717, 1.165) is 17.8 Å². The second kappa shape index (κ2) is 7.28. The minimum atomic E-state index is -3.00. The van der Waals surface area contributed by atoms with Gasteiger partial charge in [0.15, 0.2) is 5.60 Å². The summed E-state index contributed by atoms with van der Waals surface area (Å²) in [5.41, 5.74) is -0.293. The Bertz CT molecular complexity index is 856. The molecule has 0 bridgehead atoms. The normalized spacial score (nSPS) is 15.4.